The molecule has 158 valence electrons. The lowest BCUT2D eigenvalue weighted by Crippen LogP contribution is -2.31. The molecule has 3 rings (SSSR count). The molecule has 0 aliphatic heterocycles. The van der Waals surface area contributed by atoms with Crippen molar-refractivity contribution in [2.45, 2.75) is 19.4 Å². The van der Waals surface area contributed by atoms with Crippen LogP contribution in [0.2, 0.25) is 0 Å². The van der Waals surface area contributed by atoms with E-state index in [4.69, 9.17) is 9.15 Å². The van der Waals surface area contributed by atoms with Gasteiger partial charge in [0.05, 0.1) is 18.2 Å². The zero-order chi connectivity index (χ0) is 21.7. The highest BCUT2D eigenvalue weighted by atomic mass is 19.1. The third-order valence-corrected chi connectivity index (χ3v) is 4.71. The molecule has 1 N–H and O–H groups in total. The van der Waals surface area contributed by atoms with Crippen molar-refractivity contribution in [3.05, 3.63) is 75.9 Å². The number of nitrogens with zero attached hydrogens (tertiary/aromatic N) is 1. The molecule has 0 fully saturated rings. The lowest BCUT2D eigenvalue weighted by molar-refractivity contribution is 0.0933. The SMILES string of the molecule is CCOc1ccc2c(C(=O)NC(CCN(C)C)c3ccc(F)cc3)cc(=O)oc2c1. The minimum Gasteiger partial charge on any atom is -0.494 e. The highest BCUT2D eigenvalue weighted by molar-refractivity contribution is 6.05. The average molecular weight is 412 g/mol. The number of carbonyl (C=O) groups excluding carboxylic acids is 1. The summed E-state index contributed by atoms with van der Waals surface area (Å²) in [4.78, 5) is 27.2. The van der Waals surface area contributed by atoms with Gasteiger partial charge in [0.2, 0.25) is 0 Å². The number of carbonyl (C=O) groups is 1. The molecular weight excluding hydrogens is 387 g/mol. The van der Waals surface area contributed by atoms with Crippen molar-refractivity contribution in [3.8, 4) is 5.75 Å². The molecule has 3 aromatic rings. The van der Waals surface area contributed by atoms with E-state index in [-0.39, 0.29) is 23.0 Å². The second kappa shape index (κ2) is 9.54. The van der Waals surface area contributed by atoms with Gasteiger partial charge in [-0.1, -0.05) is 12.1 Å². The predicted molar refractivity (Wildman–Crippen MR) is 113 cm³/mol. The summed E-state index contributed by atoms with van der Waals surface area (Å²) in [7, 11) is 3.88. The highest BCUT2D eigenvalue weighted by Gasteiger charge is 2.19. The topological polar surface area (TPSA) is 71.8 Å². The largest absolute Gasteiger partial charge is 0.494 e. The first-order chi connectivity index (χ1) is 14.4. The fourth-order valence-electron chi connectivity index (χ4n) is 3.23. The Labute approximate surface area is 174 Å². The van der Waals surface area contributed by atoms with Gasteiger partial charge in [0.1, 0.15) is 17.1 Å². The first kappa shape index (κ1) is 21.5. The fourth-order valence-corrected chi connectivity index (χ4v) is 3.23. The number of rotatable bonds is 8. The Morgan fingerprint density at radius 2 is 1.90 bits per heavy atom. The zero-order valence-corrected chi connectivity index (χ0v) is 17.3. The maximum Gasteiger partial charge on any atom is 0.337 e. The normalized spacial score (nSPS) is 12.2. The minimum atomic E-state index is -0.618. The smallest absolute Gasteiger partial charge is 0.337 e. The van der Waals surface area contributed by atoms with E-state index in [0.717, 1.165) is 12.1 Å². The molecule has 0 radical (unpaired) electrons. The Hall–Kier alpha value is -3.19. The van der Waals surface area contributed by atoms with E-state index in [1.807, 2.05) is 25.9 Å². The van der Waals surface area contributed by atoms with Gasteiger partial charge in [0.25, 0.3) is 5.91 Å². The Morgan fingerprint density at radius 3 is 2.57 bits per heavy atom. The molecular formula is C23H25FN2O4. The number of amides is 1. The van der Waals surface area contributed by atoms with Crippen molar-refractivity contribution in [1.82, 2.24) is 10.2 Å². The van der Waals surface area contributed by atoms with Gasteiger partial charge in [0, 0.05) is 17.5 Å². The monoisotopic (exact) mass is 412 g/mol. The van der Waals surface area contributed by atoms with Gasteiger partial charge in [-0.25, -0.2) is 9.18 Å². The molecule has 0 saturated heterocycles. The van der Waals surface area contributed by atoms with Crippen LogP contribution in [0, 0.1) is 5.82 Å². The number of benzene rings is 2. The van der Waals surface area contributed by atoms with E-state index in [9.17, 15) is 14.0 Å². The number of hydrogen-bond donors (Lipinski definition) is 1. The average Bonchev–Trinajstić information content (AvgIpc) is 2.71. The maximum absolute atomic E-state index is 13.3. The summed E-state index contributed by atoms with van der Waals surface area (Å²) >= 11 is 0. The van der Waals surface area contributed by atoms with E-state index in [0.29, 0.717) is 24.2 Å². The molecule has 30 heavy (non-hydrogen) atoms. The van der Waals surface area contributed by atoms with Crippen LogP contribution in [0.25, 0.3) is 11.0 Å². The Balaban J connectivity index is 1.93. The molecule has 0 spiro atoms. The molecule has 0 aliphatic rings. The lowest BCUT2D eigenvalue weighted by atomic mass is 10.0. The van der Waals surface area contributed by atoms with E-state index < -0.39 is 11.5 Å². The molecule has 1 unspecified atom stereocenters. The lowest BCUT2D eigenvalue weighted by Gasteiger charge is -2.21. The van der Waals surface area contributed by atoms with E-state index in [1.54, 1.807) is 30.3 Å². The summed E-state index contributed by atoms with van der Waals surface area (Å²) in [6.07, 6.45) is 0.623. The fraction of sp³-hybridized carbons (Fsp3) is 0.304. The minimum absolute atomic E-state index is 0.223. The van der Waals surface area contributed by atoms with Crippen LogP contribution in [0.5, 0.6) is 5.75 Å². The third kappa shape index (κ3) is 5.24. The standard InChI is InChI=1S/C23H25FN2O4/c1-4-29-17-9-10-18-19(14-22(27)30-21(18)13-17)23(28)25-20(11-12-26(2)3)15-5-7-16(24)8-6-15/h5-10,13-14,20H,4,11-12H2,1-3H3,(H,25,28). The molecule has 7 heteroatoms. The summed E-state index contributed by atoms with van der Waals surface area (Å²) in [5.74, 6) is -0.181. The Kier molecular flexibility index (Phi) is 6.84. The Morgan fingerprint density at radius 1 is 1.17 bits per heavy atom. The summed E-state index contributed by atoms with van der Waals surface area (Å²) in [6.45, 7) is 3.05. The van der Waals surface area contributed by atoms with Gasteiger partial charge in [-0.2, -0.15) is 0 Å². The molecule has 1 amide bonds. The molecule has 2 aromatic carbocycles. The van der Waals surface area contributed by atoms with Crippen LogP contribution in [0.15, 0.2) is 57.7 Å². The molecule has 6 nitrogen and oxygen atoms in total. The van der Waals surface area contributed by atoms with Crippen LogP contribution in [-0.2, 0) is 0 Å². The second-order valence-electron chi connectivity index (χ2n) is 7.24. The first-order valence-electron chi connectivity index (χ1n) is 9.79. The molecule has 0 saturated carbocycles. The number of hydrogen-bond acceptors (Lipinski definition) is 5. The van der Waals surface area contributed by atoms with Gasteiger partial charge in [-0.05, 0) is 63.8 Å². The summed E-state index contributed by atoms with van der Waals surface area (Å²) in [5.41, 5.74) is 0.678. The number of halogens is 1. The van der Waals surface area contributed by atoms with Crippen molar-refractivity contribution in [2.75, 3.05) is 27.2 Å². The third-order valence-electron chi connectivity index (χ3n) is 4.71. The first-order valence-corrected chi connectivity index (χ1v) is 9.79. The quantitative estimate of drug-likeness (QED) is 0.571. The molecule has 0 aliphatic carbocycles. The van der Waals surface area contributed by atoms with Gasteiger partial charge in [-0.3, -0.25) is 4.79 Å². The van der Waals surface area contributed by atoms with Gasteiger partial charge < -0.3 is 19.4 Å². The molecule has 1 atom stereocenters. The van der Waals surface area contributed by atoms with Crippen molar-refractivity contribution >= 4 is 16.9 Å². The van der Waals surface area contributed by atoms with Crippen LogP contribution < -0.4 is 15.7 Å². The van der Waals surface area contributed by atoms with Gasteiger partial charge in [-0.15, -0.1) is 0 Å². The summed E-state index contributed by atoms with van der Waals surface area (Å²) in [6, 6.07) is 11.9. The van der Waals surface area contributed by atoms with Crippen LogP contribution in [0.3, 0.4) is 0 Å². The van der Waals surface area contributed by atoms with E-state index in [1.165, 1.54) is 18.2 Å². The van der Waals surface area contributed by atoms with Gasteiger partial charge in [0.15, 0.2) is 0 Å². The van der Waals surface area contributed by atoms with Crippen LogP contribution >= 0.6 is 0 Å². The van der Waals surface area contributed by atoms with Crippen molar-refractivity contribution < 1.29 is 18.3 Å². The Bertz CT molecular complexity index is 1080. The van der Waals surface area contributed by atoms with Gasteiger partial charge >= 0.3 is 5.63 Å². The second-order valence-corrected chi connectivity index (χ2v) is 7.24. The molecule has 1 aromatic heterocycles. The summed E-state index contributed by atoms with van der Waals surface area (Å²) < 4.78 is 24.0. The van der Waals surface area contributed by atoms with Crippen LogP contribution in [0.1, 0.15) is 35.3 Å². The highest BCUT2D eigenvalue weighted by Crippen LogP contribution is 2.24. The number of ether oxygens (including phenoxy) is 1. The number of nitrogens with one attached hydrogen (secondary N) is 1. The van der Waals surface area contributed by atoms with Crippen molar-refractivity contribution in [2.24, 2.45) is 0 Å². The van der Waals surface area contributed by atoms with E-state index in [2.05, 4.69) is 5.32 Å². The molecule has 0 bridgehead atoms. The van der Waals surface area contributed by atoms with Crippen LogP contribution in [-0.4, -0.2) is 38.1 Å². The van der Waals surface area contributed by atoms with Crippen LogP contribution in [0.4, 0.5) is 4.39 Å². The number of fused-ring (bicyclic) bond motifs is 1. The van der Waals surface area contributed by atoms with E-state index >= 15 is 0 Å². The zero-order valence-electron chi connectivity index (χ0n) is 17.3. The predicted octanol–water partition coefficient (Wildman–Crippen LogP) is 3.75. The molecule has 1 heterocycles. The van der Waals surface area contributed by atoms with Crippen molar-refractivity contribution in [3.63, 3.8) is 0 Å². The summed E-state index contributed by atoms with van der Waals surface area (Å²) in [5, 5.41) is 3.50. The maximum atomic E-state index is 13.3. The van der Waals surface area contributed by atoms with Crippen molar-refractivity contribution in [1.29, 1.82) is 0 Å².